The Kier molecular flexibility index (Phi) is 4.00. The maximum Gasteiger partial charge on any atom is 0.311 e. The maximum absolute atomic E-state index is 11.5. The fraction of sp³-hybridized carbons (Fsp3) is 0.357. The largest absolute Gasteiger partial charge is 0.466 e. The highest BCUT2D eigenvalue weighted by Crippen LogP contribution is 2.21. The third-order valence-electron chi connectivity index (χ3n) is 2.92. The molecule has 1 heterocycles. The Morgan fingerprint density at radius 1 is 1.21 bits per heavy atom. The van der Waals surface area contributed by atoms with Gasteiger partial charge in [0.2, 0.25) is 0 Å². The molecule has 0 radical (unpaired) electrons. The number of aryl methyl sites for hydroxylation is 2. The molecule has 0 atom stereocenters. The van der Waals surface area contributed by atoms with Crippen LogP contribution in [0.3, 0.4) is 0 Å². The standard InChI is InChI=1S/C14H15ClN2O2/c1-4-19-13(18)7-12-14(15)17-11-6-9(3)8(2)5-10(11)16-12/h5-6H,4,7H2,1-3H3. The summed E-state index contributed by atoms with van der Waals surface area (Å²) in [5.74, 6) is -0.345. The van der Waals surface area contributed by atoms with Gasteiger partial charge in [0.05, 0.1) is 29.8 Å². The molecule has 0 aliphatic carbocycles. The van der Waals surface area contributed by atoms with Crippen LogP contribution in [0.4, 0.5) is 0 Å². The van der Waals surface area contributed by atoms with Crippen molar-refractivity contribution in [2.75, 3.05) is 6.61 Å². The van der Waals surface area contributed by atoms with Crippen molar-refractivity contribution in [2.45, 2.75) is 27.2 Å². The second kappa shape index (κ2) is 5.53. The lowest BCUT2D eigenvalue weighted by molar-refractivity contribution is -0.142. The molecule has 0 aliphatic heterocycles. The summed E-state index contributed by atoms with van der Waals surface area (Å²) in [5.41, 5.74) is 4.20. The lowest BCUT2D eigenvalue weighted by Crippen LogP contribution is -2.10. The van der Waals surface area contributed by atoms with E-state index in [1.807, 2.05) is 26.0 Å². The van der Waals surface area contributed by atoms with Crippen molar-refractivity contribution >= 4 is 28.6 Å². The van der Waals surface area contributed by atoms with Crippen LogP contribution in [-0.4, -0.2) is 22.5 Å². The van der Waals surface area contributed by atoms with Gasteiger partial charge in [0.25, 0.3) is 0 Å². The van der Waals surface area contributed by atoms with Crippen LogP contribution in [-0.2, 0) is 16.0 Å². The first-order valence-electron chi connectivity index (χ1n) is 6.10. The zero-order valence-electron chi connectivity index (χ0n) is 11.2. The Morgan fingerprint density at radius 2 is 1.79 bits per heavy atom. The molecule has 0 saturated heterocycles. The molecule has 2 rings (SSSR count). The highest BCUT2D eigenvalue weighted by atomic mass is 35.5. The second-order valence-corrected chi connectivity index (χ2v) is 4.73. The number of hydrogen-bond acceptors (Lipinski definition) is 4. The molecule has 100 valence electrons. The summed E-state index contributed by atoms with van der Waals surface area (Å²) < 4.78 is 4.89. The van der Waals surface area contributed by atoms with Crippen LogP contribution in [0.2, 0.25) is 5.15 Å². The van der Waals surface area contributed by atoms with Crippen molar-refractivity contribution in [1.82, 2.24) is 9.97 Å². The maximum atomic E-state index is 11.5. The molecule has 0 fully saturated rings. The molecule has 0 N–H and O–H groups in total. The van der Waals surface area contributed by atoms with Gasteiger partial charge in [0.1, 0.15) is 0 Å². The van der Waals surface area contributed by atoms with Gasteiger partial charge in [-0.05, 0) is 44.0 Å². The third-order valence-corrected chi connectivity index (χ3v) is 3.22. The van der Waals surface area contributed by atoms with E-state index in [1.54, 1.807) is 6.92 Å². The van der Waals surface area contributed by atoms with E-state index < -0.39 is 0 Å². The number of benzene rings is 1. The SMILES string of the molecule is CCOC(=O)Cc1nc2cc(C)c(C)cc2nc1Cl. The smallest absolute Gasteiger partial charge is 0.311 e. The Hall–Kier alpha value is -1.68. The van der Waals surface area contributed by atoms with E-state index >= 15 is 0 Å². The minimum atomic E-state index is -0.345. The normalized spacial score (nSPS) is 10.7. The first-order valence-corrected chi connectivity index (χ1v) is 6.48. The van der Waals surface area contributed by atoms with Gasteiger partial charge in [-0.15, -0.1) is 0 Å². The lowest BCUT2D eigenvalue weighted by atomic mass is 10.1. The fourth-order valence-electron chi connectivity index (χ4n) is 1.79. The molecule has 0 spiro atoms. The van der Waals surface area contributed by atoms with Gasteiger partial charge in [-0.25, -0.2) is 9.97 Å². The van der Waals surface area contributed by atoms with Crippen LogP contribution in [0, 0.1) is 13.8 Å². The molecule has 0 aliphatic rings. The minimum absolute atomic E-state index is 0.0442. The Morgan fingerprint density at radius 3 is 2.37 bits per heavy atom. The van der Waals surface area contributed by atoms with Crippen molar-refractivity contribution in [3.63, 3.8) is 0 Å². The predicted molar refractivity (Wildman–Crippen MR) is 74.4 cm³/mol. The average Bonchev–Trinajstić information content (AvgIpc) is 2.33. The summed E-state index contributed by atoms with van der Waals surface area (Å²) in [6, 6.07) is 3.89. The number of halogens is 1. The number of ether oxygens (including phenoxy) is 1. The molecule has 0 amide bonds. The molecule has 4 nitrogen and oxygen atoms in total. The summed E-state index contributed by atoms with van der Waals surface area (Å²) in [5, 5.41) is 0.254. The topological polar surface area (TPSA) is 52.1 Å². The van der Waals surface area contributed by atoms with Crippen LogP contribution in [0.15, 0.2) is 12.1 Å². The molecular formula is C14H15ClN2O2. The molecule has 1 aromatic heterocycles. The fourth-order valence-corrected chi connectivity index (χ4v) is 1.99. The van der Waals surface area contributed by atoms with Gasteiger partial charge in [0.15, 0.2) is 5.15 Å². The molecule has 19 heavy (non-hydrogen) atoms. The number of esters is 1. The summed E-state index contributed by atoms with van der Waals surface area (Å²) in [6.07, 6.45) is 0.0442. The lowest BCUT2D eigenvalue weighted by Gasteiger charge is -2.07. The summed E-state index contributed by atoms with van der Waals surface area (Å²) in [7, 11) is 0. The Labute approximate surface area is 116 Å². The molecule has 0 bridgehead atoms. The molecule has 1 aromatic carbocycles. The number of carbonyl (C=O) groups is 1. The van der Waals surface area contributed by atoms with Crippen LogP contribution < -0.4 is 0 Å². The van der Waals surface area contributed by atoms with Crippen LogP contribution >= 0.6 is 11.6 Å². The number of carbonyl (C=O) groups excluding carboxylic acids is 1. The van der Waals surface area contributed by atoms with E-state index in [2.05, 4.69) is 9.97 Å². The van der Waals surface area contributed by atoms with E-state index in [1.165, 1.54) is 0 Å². The number of aromatic nitrogens is 2. The van der Waals surface area contributed by atoms with Crippen molar-refractivity contribution in [3.8, 4) is 0 Å². The molecule has 2 aromatic rings. The highest BCUT2D eigenvalue weighted by Gasteiger charge is 2.12. The van der Waals surface area contributed by atoms with E-state index in [-0.39, 0.29) is 17.5 Å². The first-order chi connectivity index (χ1) is 9.01. The van der Waals surface area contributed by atoms with E-state index in [0.717, 1.165) is 22.2 Å². The summed E-state index contributed by atoms with van der Waals surface area (Å²) >= 11 is 6.06. The van der Waals surface area contributed by atoms with Gasteiger partial charge in [-0.2, -0.15) is 0 Å². The zero-order chi connectivity index (χ0) is 14.0. The van der Waals surface area contributed by atoms with Gasteiger partial charge >= 0.3 is 5.97 Å². The van der Waals surface area contributed by atoms with Crippen LogP contribution in [0.1, 0.15) is 23.7 Å². The van der Waals surface area contributed by atoms with E-state index in [4.69, 9.17) is 16.3 Å². The predicted octanol–water partition coefficient (Wildman–Crippen LogP) is 3.01. The number of hydrogen-bond donors (Lipinski definition) is 0. The monoisotopic (exact) mass is 278 g/mol. The number of fused-ring (bicyclic) bond motifs is 1. The van der Waals surface area contributed by atoms with Gasteiger partial charge in [-0.1, -0.05) is 11.6 Å². The second-order valence-electron chi connectivity index (χ2n) is 4.37. The number of nitrogens with zero attached hydrogens (tertiary/aromatic N) is 2. The van der Waals surface area contributed by atoms with Gasteiger partial charge in [-0.3, -0.25) is 4.79 Å². The summed E-state index contributed by atoms with van der Waals surface area (Å²) in [4.78, 5) is 20.2. The van der Waals surface area contributed by atoms with Crippen molar-refractivity contribution < 1.29 is 9.53 Å². The van der Waals surface area contributed by atoms with Crippen molar-refractivity contribution in [1.29, 1.82) is 0 Å². The van der Waals surface area contributed by atoms with Crippen molar-refractivity contribution in [2.24, 2.45) is 0 Å². The summed E-state index contributed by atoms with van der Waals surface area (Å²) in [6.45, 7) is 6.13. The quantitative estimate of drug-likeness (QED) is 0.810. The Bertz CT molecular complexity index is 641. The van der Waals surface area contributed by atoms with Crippen LogP contribution in [0.5, 0.6) is 0 Å². The molecule has 5 heteroatoms. The third kappa shape index (κ3) is 3.01. The van der Waals surface area contributed by atoms with Gasteiger partial charge < -0.3 is 4.74 Å². The molecule has 0 saturated carbocycles. The Balaban J connectivity index is 2.43. The zero-order valence-corrected chi connectivity index (χ0v) is 11.9. The first kappa shape index (κ1) is 13.7. The van der Waals surface area contributed by atoms with E-state index in [0.29, 0.717) is 12.3 Å². The highest BCUT2D eigenvalue weighted by molar-refractivity contribution is 6.30. The van der Waals surface area contributed by atoms with Crippen LogP contribution in [0.25, 0.3) is 11.0 Å². The van der Waals surface area contributed by atoms with Gasteiger partial charge in [0, 0.05) is 0 Å². The molecule has 0 unspecified atom stereocenters. The van der Waals surface area contributed by atoms with Crippen molar-refractivity contribution in [3.05, 3.63) is 34.1 Å². The number of rotatable bonds is 3. The average molecular weight is 279 g/mol. The molecular weight excluding hydrogens is 264 g/mol. The van der Waals surface area contributed by atoms with E-state index in [9.17, 15) is 4.79 Å². The minimum Gasteiger partial charge on any atom is -0.466 e.